The molecule has 6 heteroatoms. The number of amides is 1. The second-order valence-electron chi connectivity index (χ2n) is 5.18. The summed E-state index contributed by atoms with van der Waals surface area (Å²) < 4.78 is 13.6. The first-order chi connectivity index (χ1) is 11.2. The number of anilines is 2. The molecule has 2 rings (SSSR count). The van der Waals surface area contributed by atoms with Crippen LogP contribution < -0.4 is 10.2 Å². The number of halogens is 1. The van der Waals surface area contributed by atoms with Crippen LogP contribution in [0.15, 0.2) is 36.7 Å². The Bertz CT molecular complexity index is 657. The zero-order valence-electron chi connectivity index (χ0n) is 13.4. The zero-order chi connectivity index (χ0) is 16.7. The van der Waals surface area contributed by atoms with Crippen molar-refractivity contribution in [3.05, 3.63) is 48.2 Å². The zero-order valence-corrected chi connectivity index (χ0v) is 13.4. The van der Waals surface area contributed by atoms with E-state index in [0.717, 1.165) is 25.9 Å². The number of carbonyl (C=O) groups excluding carboxylic acids is 1. The average Bonchev–Trinajstić information content (AvgIpc) is 2.57. The van der Waals surface area contributed by atoms with Crippen molar-refractivity contribution in [3.8, 4) is 0 Å². The minimum absolute atomic E-state index is 0.136. The summed E-state index contributed by atoms with van der Waals surface area (Å²) in [7, 11) is 0. The van der Waals surface area contributed by atoms with Gasteiger partial charge in [0.15, 0.2) is 0 Å². The molecule has 23 heavy (non-hydrogen) atoms. The highest BCUT2D eigenvalue weighted by molar-refractivity contribution is 6.03. The molecule has 1 amide bonds. The van der Waals surface area contributed by atoms with Crippen LogP contribution in [0.2, 0.25) is 0 Å². The Morgan fingerprint density at radius 2 is 1.87 bits per heavy atom. The molecule has 0 unspecified atom stereocenters. The molecule has 0 spiro atoms. The number of nitrogens with one attached hydrogen (secondary N) is 1. The number of carbonyl (C=O) groups is 1. The van der Waals surface area contributed by atoms with Gasteiger partial charge in [0.05, 0.1) is 5.69 Å². The predicted molar refractivity (Wildman–Crippen MR) is 89.2 cm³/mol. The molecule has 0 aliphatic carbocycles. The van der Waals surface area contributed by atoms with Crippen molar-refractivity contribution < 1.29 is 9.18 Å². The summed E-state index contributed by atoms with van der Waals surface area (Å²) in [6, 6.07) is 7.68. The number of benzene rings is 1. The van der Waals surface area contributed by atoms with Crippen molar-refractivity contribution in [2.45, 2.75) is 26.7 Å². The Hall–Kier alpha value is -2.50. The van der Waals surface area contributed by atoms with E-state index in [2.05, 4.69) is 34.0 Å². The topological polar surface area (TPSA) is 58.1 Å². The third-order valence-corrected chi connectivity index (χ3v) is 3.32. The van der Waals surface area contributed by atoms with Gasteiger partial charge in [0.25, 0.3) is 5.91 Å². The van der Waals surface area contributed by atoms with E-state index < -0.39 is 11.7 Å². The monoisotopic (exact) mass is 316 g/mol. The molecule has 0 atom stereocenters. The summed E-state index contributed by atoms with van der Waals surface area (Å²) in [5.41, 5.74) is 0.354. The largest absolute Gasteiger partial charge is 0.357 e. The number of rotatable bonds is 7. The van der Waals surface area contributed by atoms with Gasteiger partial charge in [-0.2, -0.15) is 0 Å². The van der Waals surface area contributed by atoms with Crippen molar-refractivity contribution in [1.82, 2.24) is 9.97 Å². The van der Waals surface area contributed by atoms with Gasteiger partial charge in [0.1, 0.15) is 23.7 Å². The molecule has 1 aromatic heterocycles. The Morgan fingerprint density at radius 3 is 2.52 bits per heavy atom. The van der Waals surface area contributed by atoms with Crippen LogP contribution in [0.3, 0.4) is 0 Å². The minimum Gasteiger partial charge on any atom is -0.357 e. The standard InChI is InChI=1S/C17H21FN4O/c1-3-9-22(10-4-2)16-11-15(19-12-20-16)17(23)21-14-8-6-5-7-13(14)18/h5-8,11-12H,3-4,9-10H2,1-2H3,(H,21,23). The molecule has 0 radical (unpaired) electrons. The fourth-order valence-electron chi connectivity index (χ4n) is 2.27. The van der Waals surface area contributed by atoms with Crippen molar-refractivity contribution in [2.24, 2.45) is 0 Å². The Kier molecular flexibility index (Phi) is 6.02. The van der Waals surface area contributed by atoms with E-state index in [-0.39, 0.29) is 11.4 Å². The molecule has 1 heterocycles. The van der Waals surface area contributed by atoms with E-state index in [4.69, 9.17) is 0 Å². The molecule has 1 aromatic carbocycles. The molecule has 122 valence electrons. The van der Waals surface area contributed by atoms with Crippen LogP contribution in [0.4, 0.5) is 15.9 Å². The van der Waals surface area contributed by atoms with Crippen LogP contribution in [0.5, 0.6) is 0 Å². The summed E-state index contributed by atoms with van der Waals surface area (Å²) in [4.78, 5) is 22.6. The van der Waals surface area contributed by atoms with Crippen molar-refractivity contribution in [3.63, 3.8) is 0 Å². The highest BCUT2D eigenvalue weighted by atomic mass is 19.1. The van der Waals surface area contributed by atoms with E-state index in [0.29, 0.717) is 5.82 Å². The first-order valence-corrected chi connectivity index (χ1v) is 7.78. The lowest BCUT2D eigenvalue weighted by atomic mass is 10.2. The highest BCUT2D eigenvalue weighted by Crippen LogP contribution is 2.16. The van der Waals surface area contributed by atoms with E-state index in [9.17, 15) is 9.18 Å². The SMILES string of the molecule is CCCN(CCC)c1cc(C(=O)Nc2ccccc2F)ncn1. The molecule has 1 N–H and O–H groups in total. The van der Waals surface area contributed by atoms with E-state index in [1.165, 1.54) is 18.5 Å². The lowest BCUT2D eigenvalue weighted by Crippen LogP contribution is -2.26. The number of nitrogens with zero attached hydrogens (tertiary/aromatic N) is 3. The van der Waals surface area contributed by atoms with Gasteiger partial charge in [-0.25, -0.2) is 14.4 Å². The number of hydrogen-bond donors (Lipinski definition) is 1. The second kappa shape index (κ2) is 8.22. The van der Waals surface area contributed by atoms with Gasteiger partial charge in [-0.1, -0.05) is 26.0 Å². The average molecular weight is 316 g/mol. The van der Waals surface area contributed by atoms with E-state index in [1.807, 2.05) is 0 Å². The van der Waals surface area contributed by atoms with Crippen molar-refractivity contribution in [1.29, 1.82) is 0 Å². The summed E-state index contributed by atoms with van der Waals surface area (Å²) in [6.45, 7) is 5.91. The fraction of sp³-hybridized carbons (Fsp3) is 0.353. The van der Waals surface area contributed by atoms with Gasteiger partial charge in [-0.05, 0) is 25.0 Å². The fourth-order valence-corrected chi connectivity index (χ4v) is 2.27. The molecule has 0 fully saturated rings. The number of para-hydroxylation sites is 1. The Labute approximate surface area is 135 Å². The first kappa shape index (κ1) is 16.9. The molecular formula is C17H21FN4O. The summed E-state index contributed by atoms with van der Waals surface area (Å²) in [5, 5.41) is 2.53. The van der Waals surface area contributed by atoms with Gasteiger partial charge in [-0.3, -0.25) is 4.79 Å². The normalized spacial score (nSPS) is 10.4. The van der Waals surface area contributed by atoms with E-state index in [1.54, 1.807) is 18.2 Å². The smallest absolute Gasteiger partial charge is 0.274 e. The Balaban J connectivity index is 2.18. The van der Waals surface area contributed by atoms with E-state index >= 15 is 0 Å². The van der Waals surface area contributed by atoms with Crippen LogP contribution in [-0.4, -0.2) is 29.0 Å². The van der Waals surface area contributed by atoms with Crippen molar-refractivity contribution in [2.75, 3.05) is 23.3 Å². The van der Waals surface area contributed by atoms with Crippen LogP contribution in [-0.2, 0) is 0 Å². The molecule has 5 nitrogen and oxygen atoms in total. The summed E-state index contributed by atoms with van der Waals surface area (Å²) in [6.07, 6.45) is 3.34. The van der Waals surface area contributed by atoms with Gasteiger partial charge in [-0.15, -0.1) is 0 Å². The summed E-state index contributed by atoms with van der Waals surface area (Å²) in [5.74, 6) is -0.220. The van der Waals surface area contributed by atoms with Gasteiger partial charge in [0, 0.05) is 19.2 Å². The quantitative estimate of drug-likeness (QED) is 0.849. The second-order valence-corrected chi connectivity index (χ2v) is 5.18. The maximum absolute atomic E-state index is 13.6. The maximum atomic E-state index is 13.6. The lowest BCUT2D eigenvalue weighted by Gasteiger charge is -2.22. The molecular weight excluding hydrogens is 295 g/mol. The maximum Gasteiger partial charge on any atom is 0.274 e. The van der Waals surface area contributed by atoms with Crippen molar-refractivity contribution >= 4 is 17.4 Å². The number of hydrogen-bond acceptors (Lipinski definition) is 4. The molecule has 0 aliphatic rings. The predicted octanol–water partition coefficient (Wildman–Crippen LogP) is 3.49. The molecule has 2 aromatic rings. The number of aromatic nitrogens is 2. The molecule has 0 saturated carbocycles. The molecule has 0 bridgehead atoms. The van der Waals surface area contributed by atoms with Crippen LogP contribution >= 0.6 is 0 Å². The minimum atomic E-state index is -0.478. The third kappa shape index (κ3) is 4.48. The van der Waals surface area contributed by atoms with Gasteiger partial charge >= 0.3 is 0 Å². The lowest BCUT2D eigenvalue weighted by molar-refractivity contribution is 0.102. The highest BCUT2D eigenvalue weighted by Gasteiger charge is 2.13. The van der Waals surface area contributed by atoms with Crippen LogP contribution in [0.25, 0.3) is 0 Å². The Morgan fingerprint density at radius 1 is 1.17 bits per heavy atom. The third-order valence-electron chi connectivity index (χ3n) is 3.32. The van der Waals surface area contributed by atoms with Gasteiger partial charge < -0.3 is 10.2 Å². The van der Waals surface area contributed by atoms with Crippen LogP contribution in [0.1, 0.15) is 37.2 Å². The molecule has 0 saturated heterocycles. The van der Waals surface area contributed by atoms with Gasteiger partial charge in [0.2, 0.25) is 0 Å². The summed E-state index contributed by atoms with van der Waals surface area (Å²) >= 11 is 0. The molecule has 0 aliphatic heterocycles. The van der Waals surface area contributed by atoms with Crippen LogP contribution in [0, 0.1) is 5.82 Å². The first-order valence-electron chi connectivity index (χ1n) is 7.78.